The average Bonchev–Trinajstić information content (AvgIpc) is 2.06. The van der Waals surface area contributed by atoms with E-state index in [2.05, 4.69) is 0 Å². The van der Waals surface area contributed by atoms with Crippen LogP contribution in [0.4, 0.5) is 0 Å². The molecule has 0 fully saturated rings. The van der Waals surface area contributed by atoms with Crippen molar-refractivity contribution >= 4 is 11.8 Å². The summed E-state index contributed by atoms with van der Waals surface area (Å²) in [6.45, 7) is 5.99. The van der Waals surface area contributed by atoms with Crippen molar-refractivity contribution in [2.75, 3.05) is 6.61 Å². The van der Waals surface area contributed by atoms with E-state index in [4.69, 9.17) is 4.74 Å². The molecule has 0 aliphatic rings. The average molecular weight is 186 g/mol. The molecule has 13 heavy (non-hydrogen) atoms. The van der Waals surface area contributed by atoms with Gasteiger partial charge in [0.25, 0.3) is 0 Å². The van der Waals surface area contributed by atoms with Gasteiger partial charge in [-0.15, -0.1) is 0 Å². The number of ketones is 1. The topological polar surface area (TPSA) is 43.4 Å². The summed E-state index contributed by atoms with van der Waals surface area (Å²) in [6, 6.07) is 0. The molecule has 0 atom stereocenters. The number of carbonyl (C=O) groups is 2. The molecular weight excluding hydrogens is 168 g/mol. The number of hydrogen-bond donors (Lipinski definition) is 0. The van der Waals surface area contributed by atoms with E-state index in [1.807, 2.05) is 13.8 Å². The first-order valence-corrected chi connectivity index (χ1v) is 4.83. The Morgan fingerprint density at radius 1 is 1.15 bits per heavy atom. The first-order valence-electron chi connectivity index (χ1n) is 4.83. The number of esters is 1. The molecule has 0 bridgehead atoms. The van der Waals surface area contributed by atoms with Crippen LogP contribution < -0.4 is 0 Å². The molecule has 3 heteroatoms. The molecule has 76 valence electrons. The molecule has 3 nitrogen and oxygen atoms in total. The molecule has 0 aliphatic carbocycles. The van der Waals surface area contributed by atoms with Gasteiger partial charge >= 0.3 is 5.97 Å². The number of rotatable bonds is 6. The monoisotopic (exact) mass is 186 g/mol. The molecule has 0 rings (SSSR count). The molecule has 0 N–H and O–H groups in total. The van der Waals surface area contributed by atoms with Crippen LogP contribution in [0.15, 0.2) is 0 Å². The van der Waals surface area contributed by atoms with Gasteiger partial charge in [0.05, 0.1) is 6.61 Å². The lowest BCUT2D eigenvalue weighted by Crippen LogP contribution is -2.18. The SMILES string of the molecule is CCOC(=O)CC(=O)C(CC)CC. The number of ether oxygens (including phenoxy) is 1. The molecule has 0 saturated carbocycles. The van der Waals surface area contributed by atoms with Gasteiger partial charge in [-0.2, -0.15) is 0 Å². The van der Waals surface area contributed by atoms with Crippen molar-refractivity contribution in [3.05, 3.63) is 0 Å². The minimum Gasteiger partial charge on any atom is -0.466 e. The summed E-state index contributed by atoms with van der Waals surface area (Å²) < 4.78 is 4.69. The molecule has 0 aromatic heterocycles. The molecule has 0 aliphatic heterocycles. The zero-order valence-corrected chi connectivity index (χ0v) is 8.63. The van der Waals surface area contributed by atoms with Gasteiger partial charge in [-0.25, -0.2) is 0 Å². The van der Waals surface area contributed by atoms with Crippen LogP contribution in [-0.4, -0.2) is 18.4 Å². The van der Waals surface area contributed by atoms with Crippen molar-refractivity contribution in [3.63, 3.8) is 0 Å². The van der Waals surface area contributed by atoms with Gasteiger partial charge in [-0.05, 0) is 19.8 Å². The summed E-state index contributed by atoms with van der Waals surface area (Å²) in [4.78, 5) is 22.3. The van der Waals surface area contributed by atoms with Crippen molar-refractivity contribution in [1.82, 2.24) is 0 Å². The summed E-state index contributed by atoms with van der Waals surface area (Å²) in [5.74, 6) is -0.382. The van der Waals surface area contributed by atoms with E-state index >= 15 is 0 Å². The summed E-state index contributed by atoms with van der Waals surface area (Å²) in [5, 5.41) is 0. The number of carbonyl (C=O) groups excluding carboxylic acids is 2. The van der Waals surface area contributed by atoms with E-state index in [-0.39, 0.29) is 18.1 Å². The second-order valence-corrected chi connectivity index (χ2v) is 2.96. The van der Waals surface area contributed by atoms with Crippen molar-refractivity contribution in [3.8, 4) is 0 Å². The summed E-state index contributed by atoms with van der Waals surface area (Å²) in [5.41, 5.74) is 0. The van der Waals surface area contributed by atoms with Gasteiger partial charge in [0.1, 0.15) is 12.2 Å². The Morgan fingerprint density at radius 2 is 1.69 bits per heavy atom. The lowest BCUT2D eigenvalue weighted by atomic mass is 9.96. The predicted molar refractivity (Wildman–Crippen MR) is 50.3 cm³/mol. The van der Waals surface area contributed by atoms with Gasteiger partial charge in [-0.3, -0.25) is 9.59 Å². The highest BCUT2D eigenvalue weighted by atomic mass is 16.5. The Kier molecular flexibility index (Phi) is 6.20. The minimum absolute atomic E-state index is 0.00319. The fourth-order valence-electron chi connectivity index (χ4n) is 1.24. The van der Waals surface area contributed by atoms with Crippen molar-refractivity contribution in [2.24, 2.45) is 5.92 Å². The molecule has 0 saturated heterocycles. The molecule has 0 aromatic rings. The minimum atomic E-state index is -0.403. The van der Waals surface area contributed by atoms with Crippen LogP contribution in [0.1, 0.15) is 40.0 Å². The fourth-order valence-corrected chi connectivity index (χ4v) is 1.24. The Morgan fingerprint density at radius 3 is 2.08 bits per heavy atom. The first kappa shape index (κ1) is 12.1. The Bertz CT molecular complexity index is 171. The van der Waals surface area contributed by atoms with E-state index < -0.39 is 5.97 Å². The molecule has 0 aromatic carbocycles. The number of hydrogen-bond acceptors (Lipinski definition) is 3. The second kappa shape index (κ2) is 6.63. The maximum Gasteiger partial charge on any atom is 0.313 e. The molecule has 0 amide bonds. The molecular formula is C10H18O3. The molecule has 0 unspecified atom stereocenters. The van der Waals surface area contributed by atoms with Crippen LogP contribution in [0, 0.1) is 5.92 Å². The zero-order valence-electron chi connectivity index (χ0n) is 8.63. The summed E-state index contributed by atoms with van der Waals surface area (Å²) in [7, 11) is 0. The Hall–Kier alpha value is -0.860. The lowest BCUT2D eigenvalue weighted by molar-refractivity contribution is -0.146. The lowest BCUT2D eigenvalue weighted by Gasteiger charge is -2.09. The number of Topliss-reactive ketones (excluding diaryl/α,β-unsaturated/α-hetero) is 1. The fraction of sp³-hybridized carbons (Fsp3) is 0.800. The maximum atomic E-state index is 11.4. The van der Waals surface area contributed by atoms with Gasteiger partial charge in [-0.1, -0.05) is 13.8 Å². The van der Waals surface area contributed by atoms with Gasteiger partial charge in [0, 0.05) is 5.92 Å². The van der Waals surface area contributed by atoms with Crippen molar-refractivity contribution < 1.29 is 14.3 Å². The van der Waals surface area contributed by atoms with Crippen LogP contribution in [-0.2, 0) is 14.3 Å². The zero-order chi connectivity index (χ0) is 10.3. The third-order valence-corrected chi connectivity index (χ3v) is 2.06. The van der Waals surface area contributed by atoms with Crippen LogP contribution >= 0.6 is 0 Å². The normalized spacial score (nSPS) is 10.2. The Balaban J connectivity index is 3.90. The predicted octanol–water partition coefficient (Wildman–Crippen LogP) is 1.94. The highest BCUT2D eigenvalue weighted by Crippen LogP contribution is 2.11. The third kappa shape index (κ3) is 4.65. The van der Waals surface area contributed by atoms with E-state index in [1.165, 1.54) is 0 Å². The van der Waals surface area contributed by atoms with E-state index in [9.17, 15) is 9.59 Å². The van der Waals surface area contributed by atoms with Crippen molar-refractivity contribution in [2.45, 2.75) is 40.0 Å². The second-order valence-electron chi connectivity index (χ2n) is 2.96. The van der Waals surface area contributed by atoms with Crippen molar-refractivity contribution in [1.29, 1.82) is 0 Å². The van der Waals surface area contributed by atoms with Crippen LogP contribution in [0.25, 0.3) is 0 Å². The highest BCUT2D eigenvalue weighted by molar-refractivity contribution is 5.96. The highest BCUT2D eigenvalue weighted by Gasteiger charge is 2.17. The van der Waals surface area contributed by atoms with E-state index in [0.29, 0.717) is 6.61 Å². The largest absolute Gasteiger partial charge is 0.466 e. The quantitative estimate of drug-likeness (QED) is 0.470. The molecule has 0 radical (unpaired) electrons. The van der Waals surface area contributed by atoms with Gasteiger partial charge in [0.15, 0.2) is 0 Å². The molecule has 0 heterocycles. The third-order valence-electron chi connectivity index (χ3n) is 2.06. The maximum absolute atomic E-state index is 11.4. The van der Waals surface area contributed by atoms with Gasteiger partial charge < -0.3 is 4.74 Å². The van der Waals surface area contributed by atoms with E-state index in [0.717, 1.165) is 12.8 Å². The summed E-state index contributed by atoms with van der Waals surface area (Å²) in [6.07, 6.45) is 1.53. The van der Waals surface area contributed by atoms with E-state index in [1.54, 1.807) is 6.92 Å². The van der Waals surface area contributed by atoms with Crippen LogP contribution in [0.3, 0.4) is 0 Å². The van der Waals surface area contributed by atoms with Crippen LogP contribution in [0.5, 0.6) is 0 Å². The molecule has 0 spiro atoms. The Labute approximate surface area is 79.5 Å². The standard InChI is InChI=1S/C10H18O3/c1-4-8(5-2)9(11)7-10(12)13-6-3/h8H,4-7H2,1-3H3. The smallest absolute Gasteiger partial charge is 0.313 e. The summed E-state index contributed by atoms with van der Waals surface area (Å²) >= 11 is 0. The first-order chi connectivity index (χ1) is 6.15. The van der Waals surface area contributed by atoms with Gasteiger partial charge in [0.2, 0.25) is 0 Å². The van der Waals surface area contributed by atoms with Crippen LogP contribution in [0.2, 0.25) is 0 Å².